The highest BCUT2D eigenvalue weighted by atomic mass is 15.1. The maximum Gasteiger partial charge on any atom is 0.0462 e. The van der Waals surface area contributed by atoms with Crippen LogP contribution in [0.1, 0.15) is 13.8 Å². The molecule has 6 aromatic rings. The minimum absolute atomic E-state index is 1.13. The van der Waals surface area contributed by atoms with Gasteiger partial charge in [0.2, 0.25) is 0 Å². The molecule has 2 heteroatoms. The Bertz CT molecular complexity index is 1720. The standard InChI is InChI=1S/C40H34N2/c1-3-31(2)41(36-16-7-4-8-17-36)39-26-22-32(23-27-39)34-14-13-15-35(30-34)33-24-28-40(29-25-33)42(37-18-9-5-10-19-37)38-20-11-6-12-21-38/h3-30H,1-2H3/b31-3+. The maximum atomic E-state index is 2.29. The van der Waals surface area contributed by atoms with Gasteiger partial charge in [-0.1, -0.05) is 103 Å². The number of rotatable bonds is 8. The number of benzene rings is 6. The second-order valence-corrected chi connectivity index (χ2v) is 10.3. The van der Waals surface area contributed by atoms with Crippen LogP contribution in [0.4, 0.5) is 28.4 Å². The van der Waals surface area contributed by atoms with E-state index in [0.717, 1.165) is 28.4 Å². The van der Waals surface area contributed by atoms with Crippen molar-refractivity contribution in [2.24, 2.45) is 0 Å². The van der Waals surface area contributed by atoms with Gasteiger partial charge in [-0.25, -0.2) is 0 Å². The summed E-state index contributed by atoms with van der Waals surface area (Å²) in [4.78, 5) is 4.58. The second-order valence-electron chi connectivity index (χ2n) is 10.3. The van der Waals surface area contributed by atoms with Crippen molar-refractivity contribution < 1.29 is 0 Å². The molecule has 0 N–H and O–H groups in total. The summed E-state index contributed by atoms with van der Waals surface area (Å²) in [5.74, 6) is 0. The molecule has 0 heterocycles. The zero-order chi connectivity index (χ0) is 28.7. The fraction of sp³-hybridized carbons (Fsp3) is 0.0500. The van der Waals surface area contributed by atoms with Crippen LogP contribution in [-0.4, -0.2) is 0 Å². The minimum atomic E-state index is 1.13. The lowest BCUT2D eigenvalue weighted by atomic mass is 9.98. The van der Waals surface area contributed by atoms with Crippen LogP contribution < -0.4 is 9.80 Å². The highest BCUT2D eigenvalue weighted by molar-refractivity contribution is 5.80. The van der Waals surface area contributed by atoms with E-state index in [0.29, 0.717) is 0 Å². The quantitative estimate of drug-likeness (QED) is 0.189. The molecule has 0 unspecified atom stereocenters. The Hall–Kier alpha value is -5.34. The Labute approximate surface area is 249 Å². The molecule has 42 heavy (non-hydrogen) atoms. The van der Waals surface area contributed by atoms with Crippen molar-refractivity contribution in [1.82, 2.24) is 0 Å². The molecule has 0 aliphatic heterocycles. The van der Waals surface area contributed by atoms with Crippen LogP contribution in [0, 0.1) is 0 Å². The van der Waals surface area contributed by atoms with E-state index in [9.17, 15) is 0 Å². The van der Waals surface area contributed by atoms with Crippen molar-refractivity contribution >= 4 is 28.4 Å². The average molecular weight is 543 g/mol. The van der Waals surface area contributed by atoms with Crippen LogP contribution in [0.2, 0.25) is 0 Å². The van der Waals surface area contributed by atoms with Gasteiger partial charge in [0.15, 0.2) is 0 Å². The highest BCUT2D eigenvalue weighted by Gasteiger charge is 2.13. The van der Waals surface area contributed by atoms with Gasteiger partial charge >= 0.3 is 0 Å². The van der Waals surface area contributed by atoms with Crippen LogP contribution in [-0.2, 0) is 0 Å². The number of hydrogen-bond acceptors (Lipinski definition) is 2. The number of para-hydroxylation sites is 3. The fourth-order valence-corrected chi connectivity index (χ4v) is 5.35. The lowest BCUT2D eigenvalue weighted by Gasteiger charge is -2.26. The molecule has 0 radical (unpaired) electrons. The van der Waals surface area contributed by atoms with Gasteiger partial charge < -0.3 is 9.80 Å². The maximum absolute atomic E-state index is 2.29. The van der Waals surface area contributed by atoms with Gasteiger partial charge in [-0.2, -0.15) is 0 Å². The summed E-state index contributed by atoms with van der Waals surface area (Å²) in [6, 6.07) is 58.0. The largest absolute Gasteiger partial charge is 0.315 e. The Morgan fingerprint density at radius 1 is 0.405 bits per heavy atom. The molecule has 0 amide bonds. The topological polar surface area (TPSA) is 6.48 Å². The predicted molar refractivity (Wildman–Crippen MR) is 180 cm³/mol. The molecule has 0 saturated heterocycles. The monoisotopic (exact) mass is 542 g/mol. The molecule has 0 aliphatic rings. The van der Waals surface area contributed by atoms with E-state index in [4.69, 9.17) is 0 Å². The first-order valence-electron chi connectivity index (χ1n) is 14.4. The molecule has 6 rings (SSSR count). The van der Waals surface area contributed by atoms with E-state index in [1.165, 1.54) is 28.0 Å². The van der Waals surface area contributed by atoms with E-state index in [1.54, 1.807) is 0 Å². The van der Waals surface area contributed by atoms with Crippen molar-refractivity contribution in [1.29, 1.82) is 0 Å². The summed E-state index contributed by atoms with van der Waals surface area (Å²) in [6.07, 6.45) is 2.15. The first-order chi connectivity index (χ1) is 20.7. The van der Waals surface area contributed by atoms with E-state index in [1.807, 2.05) is 0 Å². The van der Waals surface area contributed by atoms with Crippen LogP contribution in [0.5, 0.6) is 0 Å². The molecule has 6 aromatic carbocycles. The third-order valence-corrected chi connectivity index (χ3v) is 7.59. The van der Waals surface area contributed by atoms with Crippen molar-refractivity contribution in [2.45, 2.75) is 13.8 Å². The van der Waals surface area contributed by atoms with E-state index in [-0.39, 0.29) is 0 Å². The summed E-state index contributed by atoms with van der Waals surface area (Å²) < 4.78 is 0. The normalized spacial score (nSPS) is 11.2. The minimum Gasteiger partial charge on any atom is -0.315 e. The Morgan fingerprint density at radius 3 is 1.24 bits per heavy atom. The van der Waals surface area contributed by atoms with Gasteiger partial charge in [-0.3, -0.25) is 0 Å². The van der Waals surface area contributed by atoms with E-state index >= 15 is 0 Å². The van der Waals surface area contributed by atoms with Gasteiger partial charge in [0.25, 0.3) is 0 Å². The number of anilines is 5. The SMILES string of the molecule is C/C=C(\C)N(c1ccccc1)c1ccc(-c2cccc(-c3ccc(N(c4ccccc4)c4ccccc4)cc3)c2)cc1. The van der Waals surface area contributed by atoms with E-state index in [2.05, 4.69) is 194 Å². The molecule has 0 atom stereocenters. The van der Waals surface area contributed by atoms with Crippen LogP contribution in [0.15, 0.2) is 176 Å². The lowest BCUT2D eigenvalue weighted by Crippen LogP contribution is -2.13. The fourth-order valence-electron chi connectivity index (χ4n) is 5.35. The number of allylic oxidation sites excluding steroid dienone is 2. The molecule has 0 fully saturated rings. The summed E-state index contributed by atoms with van der Waals surface area (Å²) in [7, 11) is 0. The molecule has 0 spiro atoms. The van der Waals surface area contributed by atoms with Crippen LogP contribution in [0.3, 0.4) is 0 Å². The summed E-state index contributed by atoms with van der Waals surface area (Å²) in [5.41, 5.74) is 11.7. The van der Waals surface area contributed by atoms with Gasteiger partial charge in [0.1, 0.15) is 0 Å². The van der Waals surface area contributed by atoms with Gasteiger partial charge in [0.05, 0.1) is 0 Å². The smallest absolute Gasteiger partial charge is 0.0462 e. The Balaban J connectivity index is 1.28. The molecule has 0 aromatic heterocycles. The van der Waals surface area contributed by atoms with Crippen LogP contribution >= 0.6 is 0 Å². The number of nitrogens with zero attached hydrogens (tertiary/aromatic N) is 2. The molecule has 0 bridgehead atoms. The second kappa shape index (κ2) is 12.4. The van der Waals surface area contributed by atoms with Crippen molar-refractivity contribution in [3.05, 3.63) is 176 Å². The Morgan fingerprint density at radius 2 is 0.786 bits per heavy atom. The summed E-state index contributed by atoms with van der Waals surface area (Å²) in [6.45, 7) is 4.23. The molecule has 204 valence electrons. The highest BCUT2D eigenvalue weighted by Crippen LogP contribution is 2.36. The third kappa shape index (κ3) is 5.75. The molecular formula is C40H34N2. The third-order valence-electron chi connectivity index (χ3n) is 7.59. The van der Waals surface area contributed by atoms with Crippen molar-refractivity contribution in [3.63, 3.8) is 0 Å². The van der Waals surface area contributed by atoms with Crippen molar-refractivity contribution in [3.8, 4) is 22.3 Å². The van der Waals surface area contributed by atoms with Crippen molar-refractivity contribution in [2.75, 3.05) is 9.80 Å². The molecular weight excluding hydrogens is 508 g/mol. The molecule has 0 saturated carbocycles. The van der Waals surface area contributed by atoms with Gasteiger partial charge in [-0.05, 0) is 103 Å². The lowest BCUT2D eigenvalue weighted by molar-refractivity contribution is 1.15. The Kier molecular flexibility index (Phi) is 7.96. The molecule has 0 aliphatic carbocycles. The zero-order valence-electron chi connectivity index (χ0n) is 24.1. The zero-order valence-corrected chi connectivity index (χ0v) is 24.1. The average Bonchev–Trinajstić information content (AvgIpc) is 3.07. The summed E-state index contributed by atoms with van der Waals surface area (Å²) in [5, 5.41) is 0. The first-order valence-corrected chi connectivity index (χ1v) is 14.4. The van der Waals surface area contributed by atoms with Gasteiger partial charge in [-0.15, -0.1) is 0 Å². The number of hydrogen-bond donors (Lipinski definition) is 0. The van der Waals surface area contributed by atoms with E-state index < -0.39 is 0 Å². The van der Waals surface area contributed by atoms with Gasteiger partial charge in [0, 0.05) is 34.1 Å². The summed E-state index contributed by atoms with van der Waals surface area (Å²) >= 11 is 0. The molecule has 2 nitrogen and oxygen atoms in total. The first kappa shape index (κ1) is 26.9. The van der Waals surface area contributed by atoms with Crippen LogP contribution in [0.25, 0.3) is 22.3 Å². The predicted octanol–water partition coefficient (Wildman–Crippen LogP) is 11.6.